The number of benzene rings is 2. The maximum absolute atomic E-state index is 14.2. The highest BCUT2D eigenvalue weighted by Gasteiger charge is 2.42. The molecule has 7 heteroatoms. The van der Waals surface area contributed by atoms with E-state index >= 15 is 0 Å². The van der Waals surface area contributed by atoms with Crippen LogP contribution in [0.1, 0.15) is 78.1 Å². The van der Waals surface area contributed by atoms with Crippen LogP contribution in [0.5, 0.6) is 0 Å². The predicted octanol–water partition coefficient (Wildman–Crippen LogP) is 5.86. The van der Waals surface area contributed by atoms with Crippen molar-refractivity contribution in [3.63, 3.8) is 0 Å². The molecule has 38 heavy (non-hydrogen) atoms. The molecule has 0 fully saturated rings. The van der Waals surface area contributed by atoms with Crippen molar-refractivity contribution in [2.75, 3.05) is 0 Å². The van der Waals surface area contributed by atoms with Gasteiger partial charge in [-0.1, -0.05) is 75.0 Å². The summed E-state index contributed by atoms with van der Waals surface area (Å²) in [5.74, 6) is -0.951. The highest BCUT2D eigenvalue weighted by molar-refractivity contribution is 5.93. The van der Waals surface area contributed by atoms with Crippen LogP contribution in [-0.4, -0.2) is 40.0 Å². The maximum Gasteiger partial charge on any atom is 0.408 e. The summed E-state index contributed by atoms with van der Waals surface area (Å²) < 4.78 is 5.43. The van der Waals surface area contributed by atoms with E-state index in [1.807, 2.05) is 89.2 Å². The maximum atomic E-state index is 14.2. The molecule has 0 aliphatic heterocycles. The Bertz CT molecular complexity index is 1110. The fourth-order valence-corrected chi connectivity index (χ4v) is 4.10. The Labute approximate surface area is 227 Å². The Morgan fingerprint density at radius 3 is 2.13 bits per heavy atom. The van der Waals surface area contributed by atoms with Gasteiger partial charge in [0.25, 0.3) is 0 Å². The second-order valence-electron chi connectivity index (χ2n) is 11.7. The Balaban J connectivity index is 2.54. The van der Waals surface area contributed by atoms with Crippen molar-refractivity contribution in [2.45, 2.75) is 85.2 Å². The van der Waals surface area contributed by atoms with Gasteiger partial charge in [0, 0.05) is 12.1 Å². The average Bonchev–Trinajstić information content (AvgIpc) is 2.82. The van der Waals surface area contributed by atoms with E-state index in [0.29, 0.717) is 12.1 Å². The third-order valence-corrected chi connectivity index (χ3v) is 5.84. The molecule has 0 aromatic heterocycles. The zero-order valence-corrected chi connectivity index (χ0v) is 24.0. The molecule has 3 amide bonds. The van der Waals surface area contributed by atoms with Crippen LogP contribution in [0.15, 0.2) is 61.2 Å². The average molecular weight is 522 g/mol. The number of amides is 3. The highest BCUT2D eigenvalue weighted by Crippen LogP contribution is 2.31. The first kappa shape index (κ1) is 30.6. The zero-order valence-electron chi connectivity index (χ0n) is 24.0. The minimum absolute atomic E-state index is 0.257. The summed E-state index contributed by atoms with van der Waals surface area (Å²) in [7, 11) is 0. The molecule has 0 aliphatic rings. The minimum Gasteiger partial charge on any atom is -0.444 e. The van der Waals surface area contributed by atoms with Crippen LogP contribution in [0.3, 0.4) is 0 Å². The van der Waals surface area contributed by atoms with Crippen molar-refractivity contribution in [3.8, 4) is 0 Å². The lowest BCUT2D eigenvalue weighted by molar-refractivity contribution is -0.149. The van der Waals surface area contributed by atoms with E-state index in [1.54, 1.807) is 31.7 Å². The van der Waals surface area contributed by atoms with Crippen molar-refractivity contribution < 1.29 is 19.1 Å². The van der Waals surface area contributed by atoms with Gasteiger partial charge in [0.1, 0.15) is 17.7 Å². The topological polar surface area (TPSA) is 87.7 Å². The van der Waals surface area contributed by atoms with Gasteiger partial charge in [-0.2, -0.15) is 0 Å². The summed E-state index contributed by atoms with van der Waals surface area (Å²) in [4.78, 5) is 42.3. The lowest BCUT2D eigenvalue weighted by Gasteiger charge is -2.43. The summed E-state index contributed by atoms with van der Waals surface area (Å²) in [5.41, 5.74) is 0.940. The molecule has 7 nitrogen and oxygen atoms in total. The van der Waals surface area contributed by atoms with Gasteiger partial charge in [0.05, 0.1) is 0 Å². The standard InChI is InChI=1S/C31H43N3O4/c1-10-22-17-14-18-24(19-22)26(27(35)32-20-23-15-12-11-13-16-23)34(30(4,5)6)28(36)25(21(2)3)33-29(37)38-31(7,8)9/h10-19,21,25-26H,1,20H2,2-9H3,(H,32,35)(H,33,37). The van der Waals surface area contributed by atoms with Crippen LogP contribution in [-0.2, 0) is 20.9 Å². The fourth-order valence-electron chi connectivity index (χ4n) is 4.10. The monoisotopic (exact) mass is 521 g/mol. The number of hydrogen-bond donors (Lipinski definition) is 2. The molecule has 2 rings (SSSR count). The molecule has 2 aromatic carbocycles. The summed E-state index contributed by atoms with van der Waals surface area (Å²) in [6.07, 6.45) is 1.02. The Morgan fingerprint density at radius 2 is 1.61 bits per heavy atom. The number of carbonyl (C=O) groups excluding carboxylic acids is 3. The van der Waals surface area contributed by atoms with Crippen LogP contribution >= 0.6 is 0 Å². The number of ether oxygens (including phenoxy) is 1. The fraction of sp³-hybridized carbons (Fsp3) is 0.452. The van der Waals surface area contributed by atoms with Gasteiger partial charge >= 0.3 is 6.09 Å². The third-order valence-electron chi connectivity index (χ3n) is 5.84. The molecule has 2 unspecified atom stereocenters. The second kappa shape index (κ2) is 12.8. The lowest BCUT2D eigenvalue weighted by atomic mass is 9.92. The summed E-state index contributed by atoms with van der Waals surface area (Å²) in [6, 6.07) is 15.2. The van der Waals surface area contributed by atoms with Crippen LogP contribution in [0, 0.1) is 5.92 Å². The van der Waals surface area contributed by atoms with Crippen LogP contribution in [0.2, 0.25) is 0 Å². The quantitative estimate of drug-likeness (QED) is 0.432. The number of hydrogen-bond acceptors (Lipinski definition) is 4. The first-order valence-corrected chi connectivity index (χ1v) is 13.0. The van der Waals surface area contributed by atoms with E-state index in [-0.39, 0.29) is 17.7 Å². The van der Waals surface area contributed by atoms with Crippen LogP contribution in [0.25, 0.3) is 6.08 Å². The van der Waals surface area contributed by atoms with E-state index in [9.17, 15) is 14.4 Å². The molecular weight excluding hydrogens is 478 g/mol. The van der Waals surface area contributed by atoms with E-state index in [0.717, 1.165) is 11.1 Å². The smallest absolute Gasteiger partial charge is 0.408 e. The molecule has 2 aromatic rings. The largest absolute Gasteiger partial charge is 0.444 e. The summed E-state index contributed by atoms with van der Waals surface area (Å²) in [6.45, 7) is 18.8. The van der Waals surface area contributed by atoms with Crippen molar-refractivity contribution in [1.29, 1.82) is 0 Å². The van der Waals surface area contributed by atoms with Crippen molar-refractivity contribution in [2.24, 2.45) is 5.92 Å². The third kappa shape index (κ3) is 8.75. The minimum atomic E-state index is -0.951. The normalized spacial score (nSPS) is 13.3. The molecule has 0 heterocycles. The summed E-state index contributed by atoms with van der Waals surface area (Å²) >= 11 is 0. The van der Waals surface area contributed by atoms with Gasteiger partial charge in [-0.05, 0) is 70.2 Å². The number of nitrogens with zero attached hydrogens (tertiary/aromatic N) is 1. The number of nitrogens with one attached hydrogen (secondary N) is 2. The van der Waals surface area contributed by atoms with Gasteiger partial charge in [-0.15, -0.1) is 0 Å². The molecule has 0 radical (unpaired) electrons. The first-order valence-electron chi connectivity index (χ1n) is 13.0. The second-order valence-corrected chi connectivity index (χ2v) is 11.7. The van der Waals surface area contributed by atoms with Crippen molar-refractivity contribution in [1.82, 2.24) is 15.5 Å². The van der Waals surface area contributed by atoms with Gasteiger partial charge in [0.2, 0.25) is 11.8 Å². The van der Waals surface area contributed by atoms with Gasteiger partial charge < -0.3 is 20.3 Å². The van der Waals surface area contributed by atoms with Gasteiger partial charge in [-0.3, -0.25) is 9.59 Å². The van der Waals surface area contributed by atoms with E-state index in [2.05, 4.69) is 17.2 Å². The van der Waals surface area contributed by atoms with E-state index in [1.165, 1.54) is 0 Å². The van der Waals surface area contributed by atoms with Crippen molar-refractivity contribution in [3.05, 3.63) is 77.9 Å². The molecule has 0 saturated carbocycles. The van der Waals surface area contributed by atoms with E-state index in [4.69, 9.17) is 4.74 Å². The molecule has 206 valence electrons. The summed E-state index contributed by atoms with van der Waals surface area (Å²) in [5, 5.41) is 5.76. The highest BCUT2D eigenvalue weighted by atomic mass is 16.6. The molecular formula is C31H43N3O4. The SMILES string of the molecule is C=Cc1cccc(C(C(=O)NCc2ccccc2)N(C(=O)C(NC(=O)OC(C)(C)C)C(C)C)C(C)(C)C)c1. The number of rotatable bonds is 9. The zero-order chi connectivity index (χ0) is 28.7. The molecule has 0 bridgehead atoms. The van der Waals surface area contributed by atoms with Crippen LogP contribution < -0.4 is 10.6 Å². The lowest BCUT2D eigenvalue weighted by Crippen LogP contribution is -2.59. The Morgan fingerprint density at radius 1 is 0.974 bits per heavy atom. The molecule has 2 N–H and O–H groups in total. The van der Waals surface area contributed by atoms with Crippen LogP contribution in [0.4, 0.5) is 4.79 Å². The first-order chi connectivity index (χ1) is 17.6. The Kier molecular flexibility index (Phi) is 10.3. The van der Waals surface area contributed by atoms with Crippen molar-refractivity contribution >= 4 is 24.0 Å². The molecule has 0 saturated heterocycles. The molecule has 0 aliphatic carbocycles. The number of alkyl carbamates (subject to hydrolysis) is 1. The van der Waals surface area contributed by atoms with Gasteiger partial charge in [0.15, 0.2) is 0 Å². The number of carbonyl (C=O) groups is 3. The molecule has 2 atom stereocenters. The molecule has 0 spiro atoms. The van der Waals surface area contributed by atoms with E-state index < -0.39 is 29.3 Å². The Hall–Kier alpha value is -3.61. The van der Waals surface area contributed by atoms with Gasteiger partial charge in [-0.25, -0.2) is 4.79 Å². The predicted molar refractivity (Wildman–Crippen MR) is 152 cm³/mol.